The molecule has 3 rings (SSSR count). The summed E-state index contributed by atoms with van der Waals surface area (Å²) in [5, 5.41) is 3.22. The van der Waals surface area contributed by atoms with Gasteiger partial charge in [0.15, 0.2) is 6.10 Å². The molecule has 1 aromatic heterocycles. The fourth-order valence-electron chi connectivity index (χ4n) is 2.91. The zero-order valence-corrected chi connectivity index (χ0v) is 19.8. The van der Waals surface area contributed by atoms with E-state index in [1.165, 1.54) is 20.1 Å². The minimum absolute atomic E-state index is 0.365. The second kappa shape index (κ2) is 11.9. The zero-order valence-electron chi connectivity index (χ0n) is 19.1. The Labute approximate surface area is 203 Å². The third-order valence-corrected chi connectivity index (χ3v) is 5.21. The van der Waals surface area contributed by atoms with Crippen LogP contribution in [-0.2, 0) is 20.9 Å². The first kappa shape index (κ1) is 24.8. The summed E-state index contributed by atoms with van der Waals surface area (Å²) in [6.45, 7) is 3.67. The van der Waals surface area contributed by atoms with Crippen molar-refractivity contribution < 1.29 is 23.8 Å². The number of hydrogen-bond donors (Lipinski definition) is 1. The first-order valence-electron chi connectivity index (χ1n) is 10.5. The van der Waals surface area contributed by atoms with Crippen LogP contribution in [0.3, 0.4) is 0 Å². The van der Waals surface area contributed by atoms with Gasteiger partial charge >= 0.3 is 5.97 Å². The number of methoxy groups -OCH3 is 1. The van der Waals surface area contributed by atoms with Gasteiger partial charge in [-0.15, -0.1) is 0 Å². The number of nitrogens with zero attached hydrogens (tertiary/aromatic N) is 1. The maximum Gasteiger partial charge on any atom is 0.331 e. The van der Waals surface area contributed by atoms with E-state index in [0.29, 0.717) is 28.8 Å². The molecule has 0 fully saturated rings. The number of benzene rings is 2. The predicted octanol–water partition coefficient (Wildman–Crippen LogP) is 5.21. The third-order valence-electron chi connectivity index (χ3n) is 4.81. The van der Waals surface area contributed by atoms with Crippen molar-refractivity contribution in [2.45, 2.75) is 26.6 Å². The van der Waals surface area contributed by atoms with E-state index in [1.54, 1.807) is 36.5 Å². The van der Waals surface area contributed by atoms with E-state index in [4.69, 9.17) is 25.8 Å². The van der Waals surface area contributed by atoms with Gasteiger partial charge in [0.2, 0.25) is 0 Å². The molecule has 8 heteroatoms. The van der Waals surface area contributed by atoms with Gasteiger partial charge in [-0.3, -0.25) is 9.78 Å². The summed E-state index contributed by atoms with van der Waals surface area (Å²) in [5.41, 5.74) is 2.83. The van der Waals surface area contributed by atoms with Gasteiger partial charge in [0, 0.05) is 23.4 Å². The lowest BCUT2D eigenvalue weighted by atomic mass is 10.2. The second-order valence-corrected chi connectivity index (χ2v) is 7.79. The Morgan fingerprint density at radius 3 is 2.59 bits per heavy atom. The van der Waals surface area contributed by atoms with Crippen molar-refractivity contribution in [1.29, 1.82) is 0 Å². The highest BCUT2D eigenvalue weighted by Crippen LogP contribution is 2.31. The molecule has 0 bridgehead atoms. The van der Waals surface area contributed by atoms with Gasteiger partial charge in [0.1, 0.15) is 18.1 Å². The third kappa shape index (κ3) is 7.08. The van der Waals surface area contributed by atoms with Gasteiger partial charge in [-0.05, 0) is 61.4 Å². The second-order valence-electron chi connectivity index (χ2n) is 7.38. The Bertz CT molecular complexity index is 1160. The Kier molecular flexibility index (Phi) is 8.65. The summed E-state index contributed by atoms with van der Waals surface area (Å²) in [7, 11) is 1.48. The number of carbonyl (C=O) groups is 2. The number of aromatic nitrogens is 1. The number of carbonyl (C=O) groups excluding carboxylic acids is 2. The molecular formula is C26H25ClN2O5. The maximum absolute atomic E-state index is 12.5. The molecule has 0 spiro atoms. The van der Waals surface area contributed by atoms with Crippen molar-refractivity contribution in [2.24, 2.45) is 0 Å². The number of halogens is 1. The molecule has 0 saturated carbocycles. The van der Waals surface area contributed by atoms with E-state index in [0.717, 1.165) is 16.8 Å². The number of anilines is 1. The molecule has 1 amide bonds. The maximum atomic E-state index is 12.5. The number of nitrogens with one attached hydrogen (secondary N) is 1. The molecule has 2 aromatic carbocycles. The highest BCUT2D eigenvalue weighted by atomic mass is 35.5. The van der Waals surface area contributed by atoms with Crippen LogP contribution in [0.2, 0.25) is 5.02 Å². The standard InChI is InChI=1S/C26H25ClN2O5/c1-17-14-23(24(32-3)15-22(17)27)29-26(31)18(2)34-25(30)12-9-19-7-10-21(11-8-19)33-16-20-6-4-5-13-28-20/h4-15,18H,16H2,1-3H3,(H,29,31). The van der Waals surface area contributed by atoms with Gasteiger partial charge in [0.05, 0.1) is 18.5 Å². The average molecular weight is 481 g/mol. The molecule has 0 radical (unpaired) electrons. The largest absolute Gasteiger partial charge is 0.495 e. The lowest BCUT2D eigenvalue weighted by Crippen LogP contribution is -2.29. The minimum Gasteiger partial charge on any atom is -0.495 e. The number of esters is 1. The van der Waals surface area contributed by atoms with Crippen LogP contribution in [0.4, 0.5) is 5.69 Å². The molecular weight excluding hydrogens is 456 g/mol. The van der Waals surface area contributed by atoms with Gasteiger partial charge in [-0.25, -0.2) is 4.79 Å². The summed E-state index contributed by atoms with van der Waals surface area (Å²) in [5.74, 6) is -0.0353. The highest BCUT2D eigenvalue weighted by molar-refractivity contribution is 6.31. The molecule has 0 aliphatic rings. The lowest BCUT2D eigenvalue weighted by Gasteiger charge is -2.15. The normalized spacial score (nSPS) is 11.6. The van der Waals surface area contributed by atoms with Crippen LogP contribution < -0.4 is 14.8 Å². The Morgan fingerprint density at radius 1 is 1.15 bits per heavy atom. The summed E-state index contributed by atoms with van der Waals surface area (Å²) in [4.78, 5) is 28.8. The number of rotatable bonds is 9. The smallest absolute Gasteiger partial charge is 0.331 e. The monoisotopic (exact) mass is 480 g/mol. The molecule has 7 nitrogen and oxygen atoms in total. The van der Waals surface area contributed by atoms with Crippen LogP contribution in [0.15, 0.2) is 66.9 Å². The minimum atomic E-state index is -1.01. The lowest BCUT2D eigenvalue weighted by molar-refractivity contribution is -0.148. The Morgan fingerprint density at radius 2 is 1.91 bits per heavy atom. The van der Waals surface area contributed by atoms with Crippen LogP contribution in [0.5, 0.6) is 11.5 Å². The molecule has 0 saturated heterocycles. The van der Waals surface area contributed by atoms with Crippen molar-refractivity contribution in [3.63, 3.8) is 0 Å². The van der Waals surface area contributed by atoms with Gasteiger partial charge in [-0.2, -0.15) is 0 Å². The zero-order chi connectivity index (χ0) is 24.5. The van der Waals surface area contributed by atoms with E-state index in [9.17, 15) is 9.59 Å². The van der Waals surface area contributed by atoms with Crippen molar-refractivity contribution in [3.8, 4) is 11.5 Å². The first-order valence-corrected chi connectivity index (χ1v) is 10.9. The molecule has 176 valence electrons. The number of ether oxygens (including phenoxy) is 3. The van der Waals surface area contributed by atoms with Crippen LogP contribution >= 0.6 is 11.6 Å². The molecule has 0 aliphatic carbocycles. The van der Waals surface area contributed by atoms with E-state index in [-0.39, 0.29) is 0 Å². The van der Waals surface area contributed by atoms with Gasteiger partial charge < -0.3 is 19.5 Å². The Balaban J connectivity index is 1.51. The van der Waals surface area contributed by atoms with Crippen LogP contribution in [0, 0.1) is 6.92 Å². The fraction of sp³-hybridized carbons (Fsp3) is 0.192. The highest BCUT2D eigenvalue weighted by Gasteiger charge is 2.19. The molecule has 1 atom stereocenters. The fourth-order valence-corrected chi connectivity index (χ4v) is 3.07. The van der Waals surface area contributed by atoms with Crippen molar-refractivity contribution in [1.82, 2.24) is 4.98 Å². The number of amides is 1. The quantitative estimate of drug-likeness (QED) is 0.334. The van der Waals surface area contributed by atoms with Crippen LogP contribution in [-0.4, -0.2) is 30.1 Å². The number of pyridine rings is 1. The Hall–Kier alpha value is -3.84. The first-order chi connectivity index (χ1) is 16.4. The van der Waals surface area contributed by atoms with Crippen LogP contribution in [0.25, 0.3) is 6.08 Å². The number of aryl methyl sites for hydroxylation is 1. The topological polar surface area (TPSA) is 86.8 Å². The molecule has 0 aliphatic heterocycles. The average Bonchev–Trinajstić information content (AvgIpc) is 2.84. The van der Waals surface area contributed by atoms with Gasteiger partial charge in [-0.1, -0.05) is 29.8 Å². The molecule has 1 heterocycles. The van der Waals surface area contributed by atoms with Crippen molar-refractivity contribution in [2.75, 3.05) is 12.4 Å². The molecule has 3 aromatic rings. The van der Waals surface area contributed by atoms with E-state index in [1.807, 2.05) is 37.3 Å². The van der Waals surface area contributed by atoms with Crippen molar-refractivity contribution >= 4 is 35.2 Å². The molecule has 1 N–H and O–H groups in total. The SMILES string of the molecule is COc1cc(Cl)c(C)cc1NC(=O)C(C)OC(=O)C=Cc1ccc(OCc2ccccn2)cc1. The summed E-state index contributed by atoms with van der Waals surface area (Å²) < 4.78 is 16.1. The van der Waals surface area contributed by atoms with E-state index < -0.39 is 18.0 Å². The predicted molar refractivity (Wildman–Crippen MR) is 131 cm³/mol. The molecule has 34 heavy (non-hydrogen) atoms. The van der Waals surface area contributed by atoms with Crippen molar-refractivity contribution in [3.05, 3.63) is 88.7 Å². The van der Waals surface area contributed by atoms with E-state index in [2.05, 4.69) is 10.3 Å². The van der Waals surface area contributed by atoms with Crippen LogP contribution in [0.1, 0.15) is 23.7 Å². The summed E-state index contributed by atoms with van der Waals surface area (Å²) in [6.07, 6.45) is 3.56. The van der Waals surface area contributed by atoms with Gasteiger partial charge in [0.25, 0.3) is 5.91 Å². The summed E-state index contributed by atoms with van der Waals surface area (Å²) in [6, 6.07) is 16.1. The number of hydrogen-bond acceptors (Lipinski definition) is 6. The summed E-state index contributed by atoms with van der Waals surface area (Å²) >= 11 is 6.09. The van der Waals surface area contributed by atoms with E-state index >= 15 is 0 Å². The molecule has 1 unspecified atom stereocenters.